The molecule has 328 valence electrons. The van der Waals surface area contributed by atoms with E-state index in [1.54, 1.807) is 12.3 Å². The molecule has 0 bridgehead atoms. The van der Waals surface area contributed by atoms with Crippen LogP contribution in [0.25, 0.3) is 139 Å². The number of aromatic nitrogens is 3. The van der Waals surface area contributed by atoms with Gasteiger partial charge in [-0.2, -0.15) is 0 Å². The molecule has 0 radical (unpaired) electrons. The number of rotatable bonds is 3. The van der Waals surface area contributed by atoms with Gasteiger partial charge in [-0.15, -0.1) is 0 Å². The number of para-hydroxylation sites is 2. The Labute approximate surface area is 420 Å². The van der Waals surface area contributed by atoms with Gasteiger partial charge in [0, 0.05) is 51.7 Å². The minimum absolute atomic E-state index is 0.119. The van der Waals surface area contributed by atoms with E-state index in [0.29, 0.717) is 11.3 Å². The Bertz CT molecular complexity index is 4460. The molecule has 14 rings (SSSR count). The highest BCUT2D eigenvalue weighted by molar-refractivity contribution is 6.10. The molecule has 0 saturated heterocycles. The molecule has 0 unspecified atom stereocenters. The van der Waals surface area contributed by atoms with Crippen LogP contribution >= 0.6 is 0 Å². The highest BCUT2D eigenvalue weighted by Gasteiger charge is 2.27. The number of fused-ring (bicyclic) bond motifs is 19. The van der Waals surface area contributed by atoms with E-state index >= 15 is 0 Å². The molecule has 12 aromatic rings. The van der Waals surface area contributed by atoms with Crippen LogP contribution in [0.15, 0.2) is 219 Å². The first kappa shape index (κ1) is 31.9. The summed E-state index contributed by atoms with van der Waals surface area (Å²) in [6, 6.07) is 70.2. The summed E-state index contributed by atoms with van der Waals surface area (Å²) in [7, 11) is 0. The molecule has 0 amide bonds. The molecule has 0 aliphatic heterocycles. The smallest absolute Gasteiger partial charge is 0.160 e. The van der Waals surface area contributed by atoms with E-state index in [1.807, 2.05) is 103 Å². The zero-order valence-corrected chi connectivity index (χ0v) is 37.6. The molecule has 0 atom stereocenters. The summed E-state index contributed by atoms with van der Waals surface area (Å²) in [6.07, 6.45) is 1.66. The third kappa shape index (κ3) is 5.95. The summed E-state index contributed by atoms with van der Waals surface area (Å²) in [4.78, 5) is 10.3. The van der Waals surface area contributed by atoms with Gasteiger partial charge in [0.25, 0.3) is 0 Å². The normalized spacial score (nSPS) is 14.4. The average Bonchev–Trinajstić information content (AvgIpc) is 3.57. The molecule has 0 fully saturated rings. The van der Waals surface area contributed by atoms with Crippen LogP contribution in [0.5, 0.6) is 0 Å². The topological polar surface area (TPSA) is 30.7 Å². The quantitative estimate of drug-likeness (QED) is 0.177. The van der Waals surface area contributed by atoms with Crippen molar-refractivity contribution in [3.05, 3.63) is 235 Å². The first-order chi connectivity index (χ1) is 38.1. The highest BCUT2D eigenvalue weighted by Crippen LogP contribution is 2.51. The minimum atomic E-state index is -3.10. The Kier molecular flexibility index (Phi) is 7.10. The van der Waals surface area contributed by atoms with Crippen molar-refractivity contribution in [2.45, 2.75) is 20.6 Å². The molecule has 2 heterocycles. The lowest BCUT2D eigenvalue weighted by Crippen LogP contribution is -2.04. The molecule has 0 spiro atoms. The van der Waals surface area contributed by atoms with E-state index in [4.69, 9.17) is 18.2 Å². The van der Waals surface area contributed by atoms with Gasteiger partial charge in [0.2, 0.25) is 0 Å². The second-order valence-electron chi connectivity index (χ2n) is 18.1. The van der Waals surface area contributed by atoms with Crippen molar-refractivity contribution in [3.8, 4) is 117 Å². The van der Waals surface area contributed by atoms with Gasteiger partial charge in [-0.3, -0.25) is 0 Å². The third-order valence-electron chi connectivity index (χ3n) is 14.4. The number of benzene rings is 10. The molecular formula is C67H45N3. The van der Waals surface area contributed by atoms with Crippen molar-refractivity contribution in [1.29, 1.82) is 0 Å². The number of hydrogen-bond acceptors (Lipinski definition) is 2. The molecule has 0 saturated carbocycles. The summed E-state index contributed by atoms with van der Waals surface area (Å²) in [5.41, 5.74) is 15.3. The molecule has 3 nitrogen and oxygen atoms in total. The maximum Gasteiger partial charge on any atom is 0.160 e. The molecule has 2 aliphatic rings. The highest BCUT2D eigenvalue weighted by atomic mass is 15.0. The monoisotopic (exact) mass is 900 g/mol. The SMILES string of the molecule is [2H]C([2H])([2H])c1cc(C([2H])([2H])[2H])c(-c2ncc3c(n2)-c2ccccc2-c2ccccc2-c2cc(-n4c5ccccc5c5ccccc54)ccc2-3)c(C([2H])([2H])[2H])c1-c1ccc2c(c1)-c1ccccc1-c1ccccc1-c1ccccc1-2. The van der Waals surface area contributed by atoms with E-state index in [2.05, 4.69) is 102 Å². The molecule has 3 heteroatoms. The third-order valence-corrected chi connectivity index (χ3v) is 14.4. The zero-order valence-electron chi connectivity index (χ0n) is 46.6. The van der Waals surface area contributed by atoms with Crippen molar-refractivity contribution < 1.29 is 12.3 Å². The van der Waals surface area contributed by atoms with E-state index in [1.165, 1.54) is 0 Å². The van der Waals surface area contributed by atoms with Crippen LogP contribution in [-0.2, 0) is 0 Å². The van der Waals surface area contributed by atoms with Gasteiger partial charge < -0.3 is 4.57 Å². The van der Waals surface area contributed by atoms with Crippen LogP contribution < -0.4 is 0 Å². The van der Waals surface area contributed by atoms with Crippen molar-refractivity contribution >= 4 is 21.8 Å². The maximum atomic E-state index is 9.44. The molecular weight excluding hydrogens is 847 g/mol. The Morgan fingerprint density at radius 2 is 0.786 bits per heavy atom. The predicted molar refractivity (Wildman–Crippen MR) is 292 cm³/mol. The number of nitrogens with zero attached hydrogens (tertiary/aromatic N) is 3. The van der Waals surface area contributed by atoms with Gasteiger partial charge in [0.1, 0.15) is 0 Å². The van der Waals surface area contributed by atoms with Crippen molar-refractivity contribution in [2.75, 3.05) is 0 Å². The Balaban J connectivity index is 1.05. The lowest BCUT2D eigenvalue weighted by atomic mass is 9.79. The van der Waals surface area contributed by atoms with Gasteiger partial charge in [0.15, 0.2) is 5.82 Å². The van der Waals surface area contributed by atoms with E-state index in [0.717, 1.165) is 111 Å². The predicted octanol–water partition coefficient (Wildman–Crippen LogP) is 17.8. The fourth-order valence-electron chi connectivity index (χ4n) is 11.3. The first-order valence-electron chi connectivity index (χ1n) is 28.0. The molecule has 10 aromatic carbocycles. The Morgan fingerprint density at radius 3 is 1.33 bits per heavy atom. The fraction of sp³-hybridized carbons (Fsp3) is 0.0448. The first-order valence-corrected chi connectivity index (χ1v) is 23.5. The number of hydrogen-bond donors (Lipinski definition) is 0. The van der Waals surface area contributed by atoms with Gasteiger partial charge in [-0.05, 0) is 151 Å². The Morgan fingerprint density at radius 1 is 0.357 bits per heavy atom. The van der Waals surface area contributed by atoms with E-state index in [-0.39, 0.29) is 22.5 Å². The number of aryl methyl sites for hydroxylation is 2. The van der Waals surface area contributed by atoms with Crippen molar-refractivity contribution in [3.63, 3.8) is 0 Å². The molecule has 2 aliphatic carbocycles. The molecule has 70 heavy (non-hydrogen) atoms. The largest absolute Gasteiger partial charge is 0.309 e. The lowest BCUT2D eigenvalue weighted by molar-refractivity contribution is 1.15. The van der Waals surface area contributed by atoms with E-state index < -0.39 is 37.2 Å². The van der Waals surface area contributed by atoms with Crippen LogP contribution in [0.3, 0.4) is 0 Å². The summed E-state index contributed by atoms with van der Waals surface area (Å²) >= 11 is 0. The molecule has 0 N–H and O–H groups in total. The second kappa shape index (κ2) is 15.6. The fourth-order valence-corrected chi connectivity index (χ4v) is 11.3. The minimum Gasteiger partial charge on any atom is -0.309 e. The van der Waals surface area contributed by atoms with Gasteiger partial charge >= 0.3 is 0 Å². The van der Waals surface area contributed by atoms with Crippen LogP contribution in [0.4, 0.5) is 0 Å². The summed E-state index contributed by atoms with van der Waals surface area (Å²) in [5.74, 6) is -0.163. The van der Waals surface area contributed by atoms with Gasteiger partial charge in [-0.1, -0.05) is 182 Å². The second-order valence-corrected chi connectivity index (χ2v) is 18.1. The van der Waals surface area contributed by atoms with Crippen molar-refractivity contribution in [1.82, 2.24) is 14.5 Å². The van der Waals surface area contributed by atoms with Crippen LogP contribution in [0, 0.1) is 20.6 Å². The summed E-state index contributed by atoms with van der Waals surface area (Å²) < 4.78 is 84.9. The lowest BCUT2D eigenvalue weighted by Gasteiger charge is -2.25. The average molecular weight is 901 g/mol. The zero-order chi connectivity index (χ0) is 54.1. The van der Waals surface area contributed by atoms with Crippen molar-refractivity contribution in [2.24, 2.45) is 0 Å². The standard InChI is InChI=1S/C67H45N3/c1-40-36-41(2)65(42(3)64(40)43-32-34-54-49-22-7-6-20-47(49)45-18-4-5-19-46(45)48-21-8-10-25-52(48)59(54)37-43)67-68-39-61-55-35-33-44(70-62-30-16-14-27-56(62)57-28-15-17-31-63(57)70)38-60(55)53-26-11-9-23-50(53)51-24-12-13-29-58(51)66(61)69-67/h4-39H,1-3H3/i1D3,2D3,3D3. The van der Waals surface area contributed by atoms with Gasteiger partial charge in [0.05, 0.1) is 16.7 Å². The summed E-state index contributed by atoms with van der Waals surface area (Å²) in [5, 5.41) is 2.27. The van der Waals surface area contributed by atoms with Crippen LogP contribution in [0.2, 0.25) is 0 Å². The van der Waals surface area contributed by atoms with E-state index in [9.17, 15) is 4.11 Å². The van der Waals surface area contributed by atoms with Crippen LogP contribution in [-0.4, -0.2) is 14.5 Å². The maximum absolute atomic E-state index is 9.44. The Hall–Kier alpha value is -8.92. The van der Waals surface area contributed by atoms with Crippen LogP contribution in [0.1, 0.15) is 29.0 Å². The summed E-state index contributed by atoms with van der Waals surface area (Å²) in [6.45, 7) is -9.08. The molecule has 2 aromatic heterocycles. The van der Waals surface area contributed by atoms with Gasteiger partial charge in [-0.25, -0.2) is 9.97 Å².